The Labute approximate surface area is 226 Å². The van der Waals surface area contributed by atoms with Crippen LogP contribution in [0.3, 0.4) is 0 Å². The highest BCUT2D eigenvalue weighted by Gasteiger charge is 2.30. The van der Waals surface area contributed by atoms with E-state index in [1.807, 2.05) is 0 Å². The van der Waals surface area contributed by atoms with Gasteiger partial charge in [0, 0.05) is 29.1 Å². The molecule has 6 rings (SSSR count). The van der Waals surface area contributed by atoms with Crippen LogP contribution in [0, 0.1) is 13.8 Å². The summed E-state index contributed by atoms with van der Waals surface area (Å²) in [6.45, 7) is 4.29. The van der Waals surface area contributed by atoms with Crippen LogP contribution in [0.25, 0.3) is 0 Å². The highest BCUT2D eigenvalue weighted by molar-refractivity contribution is 5.65. The third-order valence-electron chi connectivity index (χ3n) is 8.31. The minimum atomic E-state index is 0.0817. The minimum Gasteiger partial charge on any atom is -0.398 e. The Morgan fingerprint density at radius 3 is 1.24 bits per heavy atom. The number of nitrogen functional groups attached to an aromatic ring is 2. The molecule has 2 atom stereocenters. The summed E-state index contributed by atoms with van der Waals surface area (Å²) in [7, 11) is 0. The number of hydrogen-bond acceptors (Lipinski definition) is 2. The summed E-state index contributed by atoms with van der Waals surface area (Å²) >= 11 is 0. The first-order valence-corrected chi connectivity index (χ1v) is 13.5. The molecule has 0 fully saturated rings. The number of benzene rings is 5. The summed E-state index contributed by atoms with van der Waals surface area (Å²) < 4.78 is 0. The molecular formula is C36H34N2. The Balaban J connectivity index is 1.71. The molecule has 1 aliphatic rings. The predicted molar refractivity (Wildman–Crippen MR) is 160 cm³/mol. The second kappa shape index (κ2) is 9.87. The zero-order valence-electron chi connectivity index (χ0n) is 22.1. The Kier molecular flexibility index (Phi) is 6.25. The van der Waals surface area contributed by atoms with E-state index in [9.17, 15) is 0 Å². The molecule has 4 N–H and O–H groups in total. The van der Waals surface area contributed by atoms with E-state index in [1.165, 1.54) is 38.9 Å². The molecule has 188 valence electrons. The van der Waals surface area contributed by atoms with Gasteiger partial charge in [0.1, 0.15) is 0 Å². The molecule has 0 spiro atoms. The normalized spacial score (nSPS) is 18.6. The third kappa shape index (κ3) is 4.26. The molecule has 0 amide bonds. The van der Waals surface area contributed by atoms with E-state index >= 15 is 0 Å². The average molecular weight is 495 g/mol. The van der Waals surface area contributed by atoms with Crippen LogP contribution in [-0.2, 0) is 0 Å². The number of aryl methyl sites for hydroxylation is 2. The fraction of sp³-hybridized carbons (Fsp3) is 0.167. The van der Waals surface area contributed by atoms with Gasteiger partial charge in [-0.3, -0.25) is 0 Å². The van der Waals surface area contributed by atoms with Crippen molar-refractivity contribution in [1.82, 2.24) is 0 Å². The maximum Gasteiger partial charge on any atom is 0.0382 e. The first-order valence-electron chi connectivity index (χ1n) is 13.5. The second-order valence-corrected chi connectivity index (χ2v) is 10.7. The monoisotopic (exact) mass is 494 g/mol. The van der Waals surface area contributed by atoms with Gasteiger partial charge < -0.3 is 11.5 Å². The van der Waals surface area contributed by atoms with Crippen molar-refractivity contribution in [3.8, 4) is 0 Å². The summed E-state index contributed by atoms with van der Waals surface area (Å²) in [5.74, 6) is 0.328. The first-order chi connectivity index (χ1) is 18.5. The molecule has 5 aromatic rings. The van der Waals surface area contributed by atoms with Gasteiger partial charge in [-0.05, 0) is 70.3 Å². The van der Waals surface area contributed by atoms with E-state index in [1.54, 1.807) is 0 Å². The molecule has 1 aliphatic carbocycles. The van der Waals surface area contributed by atoms with E-state index in [2.05, 4.69) is 129 Å². The van der Waals surface area contributed by atoms with E-state index < -0.39 is 0 Å². The standard InChI is InChI=1S/C36H34N2/c1-23-18-28-20-32(35(23)37)30(25-12-6-3-7-13-25)22-31(26-14-8-4-9-15-26)33-21-29(19-24(2)36(33)38)34(28)27-16-10-5-11-17-27/h3-21,30-31,34H,22,37-38H2,1-2H3. The van der Waals surface area contributed by atoms with E-state index in [0.717, 1.165) is 28.9 Å². The average Bonchev–Trinajstić information content (AvgIpc) is 2.95. The van der Waals surface area contributed by atoms with Crippen molar-refractivity contribution in [2.75, 3.05) is 11.5 Å². The molecular weight excluding hydrogens is 460 g/mol. The van der Waals surface area contributed by atoms with Crippen molar-refractivity contribution in [1.29, 1.82) is 0 Å². The zero-order valence-corrected chi connectivity index (χ0v) is 22.1. The quantitative estimate of drug-likeness (QED) is 0.248. The van der Waals surface area contributed by atoms with E-state index in [4.69, 9.17) is 11.5 Å². The molecule has 2 nitrogen and oxygen atoms in total. The number of nitrogens with two attached hydrogens (primary N) is 2. The third-order valence-corrected chi connectivity index (χ3v) is 8.31. The highest BCUT2D eigenvalue weighted by Crippen LogP contribution is 2.47. The van der Waals surface area contributed by atoms with Crippen LogP contribution in [0.2, 0.25) is 0 Å². The molecule has 0 aliphatic heterocycles. The van der Waals surface area contributed by atoms with Crippen LogP contribution in [0.5, 0.6) is 0 Å². The molecule has 5 aromatic carbocycles. The lowest BCUT2D eigenvalue weighted by Crippen LogP contribution is -2.17. The SMILES string of the molecule is Cc1cc2cc(c1N)C(c1ccccc1)CC(c1ccccc1)c1cc(cc(C)c1N)C2c1ccccc1. The maximum atomic E-state index is 6.90. The largest absolute Gasteiger partial charge is 0.398 e. The van der Waals surface area contributed by atoms with Gasteiger partial charge in [0.2, 0.25) is 0 Å². The van der Waals surface area contributed by atoms with Crippen molar-refractivity contribution in [3.63, 3.8) is 0 Å². The van der Waals surface area contributed by atoms with Crippen LogP contribution in [0.15, 0.2) is 115 Å². The fourth-order valence-electron chi connectivity index (χ4n) is 6.33. The van der Waals surface area contributed by atoms with Gasteiger partial charge in [0.05, 0.1) is 0 Å². The Bertz CT molecular complexity index is 1470. The molecule has 0 aromatic heterocycles. The number of hydrogen-bond donors (Lipinski definition) is 2. The van der Waals surface area contributed by atoms with Crippen molar-refractivity contribution in [3.05, 3.63) is 165 Å². The lowest BCUT2D eigenvalue weighted by Gasteiger charge is -2.32. The fourth-order valence-corrected chi connectivity index (χ4v) is 6.33. The van der Waals surface area contributed by atoms with Crippen molar-refractivity contribution >= 4 is 11.4 Å². The van der Waals surface area contributed by atoms with Crippen LogP contribution >= 0.6 is 0 Å². The zero-order chi connectivity index (χ0) is 26.2. The molecule has 0 saturated carbocycles. The lowest BCUT2D eigenvalue weighted by molar-refractivity contribution is 0.642. The Morgan fingerprint density at radius 2 is 0.842 bits per heavy atom. The Hall–Kier alpha value is -4.30. The van der Waals surface area contributed by atoms with Crippen LogP contribution in [0.4, 0.5) is 11.4 Å². The van der Waals surface area contributed by atoms with Gasteiger partial charge >= 0.3 is 0 Å². The Morgan fingerprint density at radius 1 is 0.474 bits per heavy atom. The van der Waals surface area contributed by atoms with Gasteiger partial charge in [-0.1, -0.05) is 115 Å². The maximum absolute atomic E-state index is 6.90. The van der Waals surface area contributed by atoms with E-state index in [-0.39, 0.29) is 17.8 Å². The summed E-state index contributed by atoms with van der Waals surface area (Å²) in [6, 6.07) is 41.7. The van der Waals surface area contributed by atoms with Crippen LogP contribution in [0.1, 0.15) is 74.2 Å². The van der Waals surface area contributed by atoms with E-state index in [0.29, 0.717) is 0 Å². The summed E-state index contributed by atoms with van der Waals surface area (Å²) in [6.07, 6.45) is 0.879. The second-order valence-electron chi connectivity index (χ2n) is 10.7. The first kappa shape index (κ1) is 24.1. The molecule has 2 heteroatoms. The van der Waals surface area contributed by atoms with Crippen molar-refractivity contribution in [2.45, 2.75) is 38.0 Å². The molecule has 0 saturated heterocycles. The molecule has 0 heterocycles. The minimum absolute atomic E-state index is 0.0817. The van der Waals surface area contributed by atoms with Gasteiger partial charge in [0.25, 0.3) is 0 Å². The number of fused-ring (bicyclic) bond motifs is 4. The van der Waals surface area contributed by atoms with Gasteiger partial charge in [0.15, 0.2) is 0 Å². The lowest BCUT2D eigenvalue weighted by atomic mass is 9.72. The number of anilines is 2. The van der Waals surface area contributed by atoms with Crippen LogP contribution < -0.4 is 11.5 Å². The van der Waals surface area contributed by atoms with Gasteiger partial charge in [-0.15, -0.1) is 0 Å². The highest BCUT2D eigenvalue weighted by atomic mass is 14.6. The van der Waals surface area contributed by atoms with Crippen molar-refractivity contribution in [2.24, 2.45) is 0 Å². The number of rotatable bonds is 3. The summed E-state index contributed by atoms with van der Waals surface area (Å²) in [5, 5.41) is 0. The van der Waals surface area contributed by atoms with Gasteiger partial charge in [-0.25, -0.2) is 0 Å². The predicted octanol–water partition coefficient (Wildman–Crippen LogP) is 8.32. The van der Waals surface area contributed by atoms with Crippen molar-refractivity contribution < 1.29 is 0 Å². The van der Waals surface area contributed by atoms with Gasteiger partial charge in [-0.2, -0.15) is 0 Å². The summed E-state index contributed by atoms with van der Waals surface area (Å²) in [4.78, 5) is 0. The molecule has 2 unspecified atom stereocenters. The van der Waals surface area contributed by atoms with Crippen LogP contribution in [-0.4, -0.2) is 0 Å². The summed E-state index contributed by atoms with van der Waals surface area (Å²) in [5.41, 5.74) is 26.6. The topological polar surface area (TPSA) is 52.0 Å². The molecule has 4 bridgehead atoms. The smallest absolute Gasteiger partial charge is 0.0382 e. The molecule has 0 radical (unpaired) electrons. The molecule has 38 heavy (non-hydrogen) atoms.